The average molecular weight is 260 g/mol. The molecule has 1 fully saturated rings. The van der Waals surface area contributed by atoms with Gasteiger partial charge in [-0.05, 0) is 24.0 Å². The molecule has 0 amide bonds. The van der Waals surface area contributed by atoms with Crippen LogP contribution in [-0.4, -0.2) is 12.7 Å². The van der Waals surface area contributed by atoms with Gasteiger partial charge in [-0.25, -0.2) is 0 Å². The molecule has 2 rings (SSSR count). The van der Waals surface area contributed by atoms with E-state index in [-0.39, 0.29) is 0 Å². The Morgan fingerprint density at radius 1 is 1.00 bits per heavy atom. The summed E-state index contributed by atoms with van der Waals surface area (Å²) in [5, 5.41) is 0. The van der Waals surface area contributed by atoms with E-state index in [9.17, 15) is 0 Å². The molecule has 1 atom stereocenters. The van der Waals surface area contributed by atoms with E-state index in [0.717, 1.165) is 13.0 Å². The van der Waals surface area contributed by atoms with E-state index in [4.69, 9.17) is 4.74 Å². The minimum absolute atomic E-state index is 0.508. The second-order valence-electron chi connectivity index (χ2n) is 5.85. The van der Waals surface area contributed by atoms with Crippen molar-refractivity contribution in [3.63, 3.8) is 0 Å². The van der Waals surface area contributed by atoms with Crippen molar-refractivity contribution in [1.29, 1.82) is 0 Å². The quantitative estimate of drug-likeness (QED) is 0.429. The van der Waals surface area contributed by atoms with E-state index in [1.807, 2.05) is 0 Å². The molecule has 19 heavy (non-hydrogen) atoms. The molecule has 0 radical (unpaired) electrons. The zero-order chi connectivity index (χ0) is 13.3. The molecule has 1 unspecified atom stereocenters. The van der Waals surface area contributed by atoms with Gasteiger partial charge in [0.1, 0.15) is 0 Å². The van der Waals surface area contributed by atoms with E-state index in [2.05, 4.69) is 31.2 Å². The van der Waals surface area contributed by atoms with Crippen molar-refractivity contribution in [2.45, 2.75) is 70.8 Å². The number of epoxide rings is 1. The van der Waals surface area contributed by atoms with Gasteiger partial charge >= 0.3 is 0 Å². The van der Waals surface area contributed by atoms with Crippen LogP contribution < -0.4 is 0 Å². The monoisotopic (exact) mass is 260 g/mol. The van der Waals surface area contributed by atoms with Crippen LogP contribution in [0, 0.1) is 0 Å². The predicted molar refractivity (Wildman–Crippen MR) is 81.6 cm³/mol. The van der Waals surface area contributed by atoms with Crippen molar-refractivity contribution in [2.24, 2.45) is 0 Å². The minimum Gasteiger partial charge on any atom is -0.373 e. The first-order valence-corrected chi connectivity index (χ1v) is 8.08. The lowest BCUT2D eigenvalue weighted by Gasteiger charge is -2.05. The molecular weight excluding hydrogens is 232 g/mol. The lowest BCUT2D eigenvalue weighted by atomic mass is 10.0. The minimum atomic E-state index is 0.508. The average Bonchev–Trinajstić information content (AvgIpc) is 3.22. The maximum Gasteiger partial charge on any atom is 0.0850 e. The number of rotatable bonds is 10. The highest BCUT2D eigenvalue weighted by molar-refractivity contribution is 5.24. The molecule has 1 saturated heterocycles. The molecule has 0 spiro atoms. The molecule has 1 aromatic rings. The topological polar surface area (TPSA) is 12.5 Å². The van der Waals surface area contributed by atoms with Crippen molar-refractivity contribution in [1.82, 2.24) is 0 Å². The molecule has 0 aromatic heterocycles. The molecule has 0 bridgehead atoms. The van der Waals surface area contributed by atoms with Crippen LogP contribution in [0.2, 0.25) is 0 Å². The Morgan fingerprint density at radius 3 is 2.42 bits per heavy atom. The van der Waals surface area contributed by atoms with Gasteiger partial charge in [-0.3, -0.25) is 0 Å². The number of unbranched alkanes of at least 4 members (excludes halogenated alkanes) is 6. The van der Waals surface area contributed by atoms with Crippen molar-refractivity contribution < 1.29 is 4.74 Å². The molecule has 1 aromatic carbocycles. The van der Waals surface area contributed by atoms with Gasteiger partial charge in [-0.15, -0.1) is 0 Å². The third-order valence-corrected chi connectivity index (χ3v) is 3.93. The zero-order valence-corrected chi connectivity index (χ0v) is 12.4. The summed E-state index contributed by atoms with van der Waals surface area (Å²) in [6, 6.07) is 9.08. The highest BCUT2D eigenvalue weighted by Crippen LogP contribution is 2.18. The highest BCUT2D eigenvalue weighted by Gasteiger charge is 2.22. The molecule has 1 heteroatoms. The van der Waals surface area contributed by atoms with Gasteiger partial charge in [-0.1, -0.05) is 69.7 Å². The normalized spacial score (nSPS) is 17.6. The number of ether oxygens (including phenoxy) is 1. The Balaban J connectivity index is 1.59. The van der Waals surface area contributed by atoms with Crippen LogP contribution >= 0.6 is 0 Å². The van der Waals surface area contributed by atoms with Gasteiger partial charge < -0.3 is 4.74 Å². The zero-order valence-electron chi connectivity index (χ0n) is 12.4. The van der Waals surface area contributed by atoms with Gasteiger partial charge in [0.25, 0.3) is 0 Å². The molecule has 1 heterocycles. The number of hydrogen-bond acceptors (Lipinski definition) is 1. The lowest BCUT2D eigenvalue weighted by molar-refractivity contribution is 0.407. The molecule has 0 aliphatic carbocycles. The van der Waals surface area contributed by atoms with Crippen molar-refractivity contribution in [3.05, 3.63) is 35.4 Å². The van der Waals surface area contributed by atoms with Crippen LogP contribution in [0.3, 0.4) is 0 Å². The number of hydrogen-bond donors (Lipinski definition) is 0. The first-order chi connectivity index (χ1) is 9.38. The summed E-state index contributed by atoms with van der Waals surface area (Å²) < 4.78 is 5.30. The highest BCUT2D eigenvalue weighted by atomic mass is 16.6. The molecular formula is C18H28O. The van der Waals surface area contributed by atoms with Crippen LogP contribution in [0.25, 0.3) is 0 Å². The Labute approximate surface area is 118 Å². The van der Waals surface area contributed by atoms with E-state index >= 15 is 0 Å². The largest absolute Gasteiger partial charge is 0.373 e. The van der Waals surface area contributed by atoms with Crippen LogP contribution in [0.5, 0.6) is 0 Å². The van der Waals surface area contributed by atoms with E-state index in [1.165, 1.54) is 62.5 Å². The Kier molecular flexibility index (Phi) is 6.43. The molecule has 1 nitrogen and oxygen atoms in total. The Morgan fingerprint density at radius 2 is 1.68 bits per heavy atom. The van der Waals surface area contributed by atoms with E-state index < -0.39 is 0 Å². The third-order valence-electron chi connectivity index (χ3n) is 3.93. The molecule has 1 aliphatic rings. The smallest absolute Gasteiger partial charge is 0.0850 e. The van der Waals surface area contributed by atoms with Crippen molar-refractivity contribution >= 4 is 0 Å². The van der Waals surface area contributed by atoms with Gasteiger partial charge in [-0.2, -0.15) is 0 Å². The van der Waals surface area contributed by atoms with Crippen LogP contribution in [0.1, 0.15) is 63.0 Å². The molecule has 106 valence electrons. The molecule has 0 saturated carbocycles. The Bertz CT molecular complexity index is 354. The van der Waals surface area contributed by atoms with Crippen molar-refractivity contribution in [2.75, 3.05) is 6.61 Å². The first kappa shape index (κ1) is 14.6. The SMILES string of the molecule is CCCCCCCCCc1cccc(CC2CO2)c1. The second-order valence-corrected chi connectivity index (χ2v) is 5.85. The standard InChI is InChI=1S/C18H28O/c1-2-3-4-5-6-7-8-10-16-11-9-12-17(13-16)14-18-15-19-18/h9,11-13,18H,2-8,10,14-15H2,1H3. The summed E-state index contributed by atoms with van der Waals surface area (Å²) >= 11 is 0. The molecule has 0 N–H and O–H groups in total. The summed E-state index contributed by atoms with van der Waals surface area (Å²) in [5.41, 5.74) is 2.95. The van der Waals surface area contributed by atoms with Crippen molar-refractivity contribution in [3.8, 4) is 0 Å². The first-order valence-electron chi connectivity index (χ1n) is 8.08. The third kappa shape index (κ3) is 6.24. The maximum absolute atomic E-state index is 5.30. The molecule has 1 aliphatic heterocycles. The van der Waals surface area contributed by atoms with Gasteiger partial charge in [0, 0.05) is 6.42 Å². The predicted octanol–water partition coefficient (Wildman–Crippen LogP) is 4.92. The van der Waals surface area contributed by atoms with Gasteiger partial charge in [0.15, 0.2) is 0 Å². The summed E-state index contributed by atoms with van der Waals surface area (Å²) in [6.45, 7) is 3.24. The van der Waals surface area contributed by atoms with E-state index in [0.29, 0.717) is 6.10 Å². The van der Waals surface area contributed by atoms with Crippen LogP contribution in [0.4, 0.5) is 0 Å². The lowest BCUT2D eigenvalue weighted by Crippen LogP contribution is -1.94. The fourth-order valence-corrected chi connectivity index (χ4v) is 2.65. The number of aryl methyl sites for hydroxylation is 1. The summed E-state index contributed by atoms with van der Waals surface area (Å²) in [7, 11) is 0. The number of benzene rings is 1. The maximum atomic E-state index is 5.30. The van der Waals surface area contributed by atoms with Gasteiger partial charge in [0.05, 0.1) is 12.7 Å². The van der Waals surface area contributed by atoms with Crippen LogP contribution in [-0.2, 0) is 17.6 Å². The summed E-state index contributed by atoms with van der Waals surface area (Å²) in [5.74, 6) is 0. The van der Waals surface area contributed by atoms with Gasteiger partial charge in [0.2, 0.25) is 0 Å². The Hall–Kier alpha value is -0.820. The fourth-order valence-electron chi connectivity index (χ4n) is 2.65. The van der Waals surface area contributed by atoms with E-state index in [1.54, 1.807) is 0 Å². The second kappa shape index (κ2) is 8.37. The summed E-state index contributed by atoms with van der Waals surface area (Å²) in [4.78, 5) is 0. The van der Waals surface area contributed by atoms with Crippen LogP contribution in [0.15, 0.2) is 24.3 Å². The fraction of sp³-hybridized carbons (Fsp3) is 0.667. The summed E-state index contributed by atoms with van der Waals surface area (Å²) in [6.07, 6.45) is 12.6.